The molecule has 1 amide bonds. The molecule has 0 saturated carbocycles. The molecule has 0 bridgehead atoms. The molecule has 2 aliphatic rings. The fourth-order valence-corrected chi connectivity index (χ4v) is 3.33. The molecule has 1 saturated heterocycles. The van der Waals surface area contributed by atoms with Gasteiger partial charge in [0.05, 0.1) is 25.3 Å². The Bertz CT molecular complexity index is 778. The fraction of sp³-hybridized carbons (Fsp3) is 0.550. The van der Waals surface area contributed by atoms with Crippen LogP contribution in [0.4, 0.5) is 4.79 Å². The van der Waals surface area contributed by atoms with Crippen LogP contribution in [-0.2, 0) is 16.0 Å². The summed E-state index contributed by atoms with van der Waals surface area (Å²) in [7, 11) is 1.37. The third-order valence-electron chi connectivity index (χ3n) is 4.66. The zero-order valence-corrected chi connectivity index (χ0v) is 19.6. The van der Waals surface area contributed by atoms with E-state index in [4.69, 9.17) is 9.47 Å². The van der Waals surface area contributed by atoms with Crippen molar-refractivity contribution < 1.29 is 19.1 Å². The maximum absolute atomic E-state index is 12.3. The summed E-state index contributed by atoms with van der Waals surface area (Å²) >= 11 is 0. The van der Waals surface area contributed by atoms with Crippen LogP contribution < -0.4 is 5.32 Å². The molecule has 2 heterocycles. The molecule has 8 nitrogen and oxygen atoms in total. The van der Waals surface area contributed by atoms with Crippen molar-refractivity contribution in [2.75, 3.05) is 33.3 Å². The lowest BCUT2D eigenvalue weighted by Gasteiger charge is -2.39. The normalized spacial score (nSPS) is 18.3. The highest BCUT2D eigenvalue weighted by molar-refractivity contribution is 14.0. The lowest BCUT2D eigenvalue weighted by Crippen LogP contribution is -2.57. The number of halogens is 1. The van der Waals surface area contributed by atoms with Gasteiger partial charge in [0.25, 0.3) is 0 Å². The van der Waals surface area contributed by atoms with Crippen LogP contribution in [0.25, 0.3) is 0 Å². The Balaban J connectivity index is 0.00000300. The molecule has 3 rings (SSSR count). The number of hydrogen-bond donors (Lipinski definition) is 1. The van der Waals surface area contributed by atoms with Gasteiger partial charge in [-0.25, -0.2) is 9.59 Å². The summed E-state index contributed by atoms with van der Waals surface area (Å²) in [6.07, 6.45) is -0.270. The third kappa shape index (κ3) is 5.97. The van der Waals surface area contributed by atoms with Crippen LogP contribution in [0.15, 0.2) is 29.3 Å². The predicted molar refractivity (Wildman–Crippen MR) is 121 cm³/mol. The van der Waals surface area contributed by atoms with Crippen LogP contribution in [0, 0.1) is 0 Å². The van der Waals surface area contributed by atoms with E-state index >= 15 is 0 Å². The van der Waals surface area contributed by atoms with E-state index in [1.54, 1.807) is 11.0 Å². The monoisotopic (exact) mass is 516 g/mol. The van der Waals surface area contributed by atoms with Crippen molar-refractivity contribution >= 4 is 42.0 Å². The fourth-order valence-electron chi connectivity index (χ4n) is 3.33. The van der Waals surface area contributed by atoms with Crippen LogP contribution in [0.1, 0.15) is 36.7 Å². The number of esters is 1. The number of amides is 1. The van der Waals surface area contributed by atoms with E-state index in [1.165, 1.54) is 7.11 Å². The third-order valence-corrected chi connectivity index (χ3v) is 4.66. The van der Waals surface area contributed by atoms with Crippen LogP contribution in [0.3, 0.4) is 0 Å². The Morgan fingerprint density at radius 1 is 1.28 bits per heavy atom. The Morgan fingerprint density at radius 3 is 2.72 bits per heavy atom. The van der Waals surface area contributed by atoms with Gasteiger partial charge in [-0.3, -0.25) is 4.99 Å². The van der Waals surface area contributed by atoms with Crippen molar-refractivity contribution in [3.63, 3.8) is 0 Å². The average Bonchev–Trinajstić information content (AvgIpc) is 3.07. The van der Waals surface area contributed by atoms with Crippen LogP contribution in [-0.4, -0.2) is 72.8 Å². The smallest absolute Gasteiger partial charge is 0.410 e. The molecule has 0 aliphatic carbocycles. The molecule has 1 aromatic rings. The highest BCUT2D eigenvalue weighted by Crippen LogP contribution is 2.19. The Labute approximate surface area is 188 Å². The first kappa shape index (κ1) is 23.2. The minimum absolute atomic E-state index is 0. The Morgan fingerprint density at radius 2 is 2.03 bits per heavy atom. The highest BCUT2D eigenvalue weighted by Gasteiger charge is 2.36. The van der Waals surface area contributed by atoms with Gasteiger partial charge in [-0.15, -0.1) is 24.0 Å². The first-order chi connectivity index (χ1) is 13.3. The minimum atomic E-state index is -0.494. The van der Waals surface area contributed by atoms with Gasteiger partial charge in [0.15, 0.2) is 5.96 Å². The lowest BCUT2D eigenvalue weighted by atomic mass is 10.1. The van der Waals surface area contributed by atoms with Crippen LogP contribution >= 0.6 is 24.0 Å². The molecule has 29 heavy (non-hydrogen) atoms. The standard InChI is InChI=1S/C20H28N4O4.HI/c1-20(2,3)28-19(26)23-8-9-24-16(13-23)12-22-18(24)21-11-14-6-5-7-15(10-14)17(25)27-4;/h5-7,10,16H,8-9,11-13H2,1-4H3,(H,21,22);1H. The maximum atomic E-state index is 12.3. The summed E-state index contributed by atoms with van der Waals surface area (Å²) < 4.78 is 10.2. The van der Waals surface area contributed by atoms with E-state index < -0.39 is 5.60 Å². The van der Waals surface area contributed by atoms with E-state index in [0.717, 1.165) is 11.5 Å². The second-order valence-corrected chi connectivity index (χ2v) is 7.98. The van der Waals surface area contributed by atoms with E-state index in [9.17, 15) is 9.59 Å². The summed E-state index contributed by atoms with van der Waals surface area (Å²) in [5, 5.41) is 3.35. The number of nitrogens with one attached hydrogen (secondary N) is 1. The van der Waals surface area contributed by atoms with Crippen LogP contribution in [0.2, 0.25) is 0 Å². The van der Waals surface area contributed by atoms with Crippen molar-refractivity contribution in [2.45, 2.75) is 39.0 Å². The Hall–Kier alpha value is -2.04. The van der Waals surface area contributed by atoms with Crippen molar-refractivity contribution in [3.05, 3.63) is 35.4 Å². The topological polar surface area (TPSA) is 83.5 Å². The number of methoxy groups -OCH3 is 1. The molecule has 1 unspecified atom stereocenters. The van der Waals surface area contributed by atoms with E-state index in [2.05, 4.69) is 15.2 Å². The number of carbonyl (C=O) groups excluding carboxylic acids is 2. The first-order valence-corrected chi connectivity index (χ1v) is 9.47. The van der Waals surface area contributed by atoms with Crippen molar-refractivity contribution in [1.82, 2.24) is 15.1 Å². The molecule has 9 heteroatoms. The number of guanidine groups is 1. The second kappa shape index (κ2) is 9.64. The number of piperazine rings is 1. The molecule has 1 atom stereocenters. The van der Waals surface area contributed by atoms with Crippen LogP contribution in [0.5, 0.6) is 0 Å². The van der Waals surface area contributed by atoms with Gasteiger partial charge in [-0.1, -0.05) is 12.1 Å². The summed E-state index contributed by atoms with van der Waals surface area (Å²) in [4.78, 5) is 32.5. The largest absolute Gasteiger partial charge is 0.465 e. The average molecular weight is 516 g/mol. The summed E-state index contributed by atoms with van der Waals surface area (Å²) in [5.74, 6) is 0.482. The molecular formula is C20H29IN4O4. The molecule has 160 valence electrons. The molecule has 1 fully saturated rings. The second-order valence-electron chi connectivity index (χ2n) is 7.98. The van der Waals surface area contributed by atoms with E-state index in [0.29, 0.717) is 38.3 Å². The van der Waals surface area contributed by atoms with Gasteiger partial charge < -0.3 is 24.6 Å². The van der Waals surface area contributed by atoms with Gasteiger partial charge in [0.1, 0.15) is 5.60 Å². The Kier molecular flexibility index (Phi) is 7.73. The number of rotatable bonds is 3. The minimum Gasteiger partial charge on any atom is -0.465 e. The van der Waals surface area contributed by atoms with Gasteiger partial charge in [0.2, 0.25) is 0 Å². The first-order valence-electron chi connectivity index (χ1n) is 9.47. The number of ether oxygens (including phenoxy) is 2. The maximum Gasteiger partial charge on any atom is 0.410 e. The molecule has 0 spiro atoms. The summed E-state index contributed by atoms with van der Waals surface area (Å²) in [6.45, 7) is 8.72. The molecule has 0 aromatic heterocycles. The van der Waals surface area contributed by atoms with Gasteiger partial charge >= 0.3 is 12.1 Å². The number of benzene rings is 1. The lowest BCUT2D eigenvalue weighted by molar-refractivity contribution is 0.0137. The zero-order chi connectivity index (χ0) is 20.3. The number of hydrogen-bond acceptors (Lipinski definition) is 7. The highest BCUT2D eigenvalue weighted by atomic mass is 127. The number of carbonyl (C=O) groups is 2. The summed E-state index contributed by atoms with van der Waals surface area (Å²) in [6, 6.07) is 7.49. The van der Waals surface area contributed by atoms with E-state index in [-0.39, 0.29) is 42.1 Å². The SMILES string of the molecule is COC(=O)c1cccc(CNC2=NCC3CN(C(=O)OC(C)(C)C)CCN23)c1.I. The number of fused-ring (bicyclic) bond motifs is 1. The molecule has 0 radical (unpaired) electrons. The quantitative estimate of drug-likeness (QED) is 0.491. The molecular weight excluding hydrogens is 487 g/mol. The number of aliphatic imine (C=N–C) groups is 1. The van der Waals surface area contributed by atoms with Gasteiger partial charge in [0, 0.05) is 26.2 Å². The molecule has 1 aromatic carbocycles. The predicted octanol–water partition coefficient (Wildman–Crippen LogP) is 2.47. The van der Waals surface area contributed by atoms with E-state index in [1.807, 2.05) is 39.0 Å². The number of nitrogens with zero attached hydrogens (tertiary/aromatic N) is 3. The summed E-state index contributed by atoms with van der Waals surface area (Å²) in [5.41, 5.74) is 1.01. The molecule has 2 aliphatic heterocycles. The zero-order valence-electron chi connectivity index (χ0n) is 17.3. The molecule has 1 N–H and O–H groups in total. The van der Waals surface area contributed by atoms with Gasteiger partial charge in [-0.2, -0.15) is 0 Å². The van der Waals surface area contributed by atoms with Crippen molar-refractivity contribution in [3.8, 4) is 0 Å². The van der Waals surface area contributed by atoms with Crippen molar-refractivity contribution in [2.24, 2.45) is 4.99 Å². The van der Waals surface area contributed by atoms with Gasteiger partial charge in [-0.05, 0) is 38.5 Å². The van der Waals surface area contributed by atoms with Crippen molar-refractivity contribution in [1.29, 1.82) is 0 Å².